The molecule has 6 rings (SSSR count). The van der Waals surface area contributed by atoms with Crippen molar-refractivity contribution in [2.45, 2.75) is 38.0 Å². The maximum atomic E-state index is 12.7. The second kappa shape index (κ2) is 7.38. The minimum Gasteiger partial charge on any atom is -0.337 e. The maximum absolute atomic E-state index is 12.7. The van der Waals surface area contributed by atoms with E-state index in [9.17, 15) is 14.4 Å². The number of fused-ring (bicyclic) bond motifs is 1. The molecule has 1 aliphatic carbocycles. The Bertz CT molecular complexity index is 1320. The average molecular weight is 459 g/mol. The number of nitrogens with one attached hydrogen (secondary N) is 2. The van der Waals surface area contributed by atoms with E-state index in [1.807, 2.05) is 23.1 Å². The van der Waals surface area contributed by atoms with Gasteiger partial charge in [0.25, 0.3) is 5.91 Å². The predicted octanol–water partition coefficient (Wildman–Crippen LogP) is 2.41. The molecule has 0 spiro atoms. The topological polar surface area (TPSA) is 109 Å². The first-order valence-corrected chi connectivity index (χ1v) is 11.6. The number of imidazole rings is 1. The van der Waals surface area contributed by atoms with Gasteiger partial charge in [0.2, 0.25) is 5.91 Å². The largest absolute Gasteiger partial charge is 0.337 e. The fourth-order valence-corrected chi connectivity index (χ4v) is 5.27. The number of hydrogen-bond acceptors (Lipinski definition) is 5. The summed E-state index contributed by atoms with van der Waals surface area (Å²) in [6, 6.07) is 9.44. The van der Waals surface area contributed by atoms with Gasteiger partial charge in [-0.05, 0) is 47.4 Å². The smallest absolute Gasteiger partial charge is 0.321 e. The number of benzene rings is 1. The summed E-state index contributed by atoms with van der Waals surface area (Å²) in [6.07, 6.45) is 4.44. The zero-order valence-electron chi connectivity index (χ0n) is 19.1. The van der Waals surface area contributed by atoms with Crippen molar-refractivity contribution >= 4 is 23.5 Å². The van der Waals surface area contributed by atoms with E-state index in [-0.39, 0.29) is 29.7 Å². The summed E-state index contributed by atoms with van der Waals surface area (Å²) in [6.45, 7) is 6.16. The number of nitrogens with zero attached hydrogens (tertiary/aromatic N) is 4. The van der Waals surface area contributed by atoms with Crippen LogP contribution in [0.3, 0.4) is 0 Å². The molecular weight excluding hydrogens is 432 g/mol. The van der Waals surface area contributed by atoms with Crippen molar-refractivity contribution in [3.63, 3.8) is 0 Å². The summed E-state index contributed by atoms with van der Waals surface area (Å²) in [4.78, 5) is 42.9. The SMILES string of the molecule is CC1(C)CN(C(=O)c2ccc([C@H]3C[C@@H]3c3cc(C4CNC(=O)NC4=O)nn4ccnc34)cc2)C1. The molecule has 0 radical (unpaired) electrons. The van der Waals surface area contributed by atoms with E-state index in [1.165, 1.54) is 5.56 Å². The van der Waals surface area contributed by atoms with Gasteiger partial charge in [-0.15, -0.1) is 0 Å². The Morgan fingerprint density at radius 1 is 1.12 bits per heavy atom. The summed E-state index contributed by atoms with van der Waals surface area (Å²) >= 11 is 0. The number of likely N-dealkylation sites (tertiary alicyclic amines) is 1. The van der Waals surface area contributed by atoms with Gasteiger partial charge in [-0.1, -0.05) is 26.0 Å². The van der Waals surface area contributed by atoms with Crippen LogP contribution < -0.4 is 10.6 Å². The molecule has 4 amide bonds. The molecule has 9 heteroatoms. The van der Waals surface area contributed by atoms with Crippen molar-refractivity contribution in [1.29, 1.82) is 0 Å². The van der Waals surface area contributed by atoms with Gasteiger partial charge < -0.3 is 10.2 Å². The van der Waals surface area contributed by atoms with Crippen molar-refractivity contribution in [3.05, 3.63) is 65.1 Å². The van der Waals surface area contributed by atoms with Gasteiger partial charge in [0.05, 0.1) is 11.6 Å². The van der Waals surface area contributed by atoms with E-state index < -0.39 is 11.9 Å². The lowest BCUT2D eigenvalue weighted by Gasteiger charge is -2.45. The lowest BCUT2D eigenvalue weighted by molar-refractivity contribution is -0.122. The Labute approximate surface area is 196 Å². The van der Waals surface area contributed by atoms with Gasteiger partial charge in [-0.2, -0.15) is 5.10 Å². The fraction of sp³-hybridized carbons (Fsp3) is 0.400. The quantitative estimate of drug-likeness (QED) is 0.624. The normalized spacial score (nSPS) is 25.5. The van der Waals surface area contributed by atoms with E-state index >= 15 is 0 Å². The number of rotatable bonds is 4. The minimum absolute atomic E-state index is 0.0916. The number of carbonyl (C=O) groups is 3. The second-order valence-electron chi connectivity index (χ2n) is 10.4. The third kappa shape index (κ3) is 3.52. The van der Waals surface area contributed by atoms with Crippen LogP contribution in [0.25, 0.3) is 5.65 Å². The summed E-state index contributed by atoms with van der Waals surface area (Å²) < 4.78 is 1.71. The fourth-order valence-electron chi connectivity index (χ4n) is 5.27. The van der Waals surface area contributed by atoms with Crippen LogP contribution in [0.15, 0.2) is 42.7 Å². The first-order valence-electron chi connectivity index (χ1n) is 11.6. The third-order valence-corrected chi connectivity index (χ3v) is 7.08. The second-order valence-corrected chi connectivity index (χ2v) is 10.4. The van der Waals surface area contributed by atoms with E-state index in [4.69, 9.17) is 0 Å². The molecule has 4 heterocycles. The lowest BCUT2D eigenvalue weighted by Crippen LogP contribution is -2.55. The molecule has 1 saturated carbocycles. The molecule has 9 nitrogen and oxygen atoms in total. The third-order valence-electron chi connectivity index (χ3n) is 7.08. The van der Waals surface area contributed by atoms with E-state index in [0.717, 1.165) is 36.3 Å². The first-order chi connectivity index (χ1) is 16.3. The number of carbonyl (C=O) groups excluding carboxylic acids is 3. The summed E-state index contributed by atoms with van der Waals surface area (Å²) in [5.74, 6) is -0.223. The number of hydrogen-bond donors (Lipinski definition) is 2. The van der Waals surface area contributed by atoms with Gasteiger partial charge in [0.1, 0.15) is 0 Å². The van der Waals surface area contributed by atoms with Gasteiger partial charge >= 0.3 is 6.03 Å². The Kier molecular flexibility index (Phi) is 4.52. The van der Waals surface area contributed by atoms with Crippen LogP contribution in [0.5, 0.6) is 0 Å². The van der Waals surface area contributed by atoms with Crippen molar-refractivity contribution < 1.29 is 14.4 Å². The Hall–Kier alpha value is -3.75. The van der Waals surface area contributed by atoms with E-state index in [1.54, 1.807) is 16.9 Å². The Morgan fingerprint density at radius 3 is 2.59 bits per heavy atom. The number of urea groups is 1. The molecule has 0 bridgehead atoms. The van der Waals surface area contributed by atoms with Crippen LogP contribution in [-0.2, 0) is 4.79 Å². The summed E-state index contributed by atoms with van der Waals surface area (Å²) in [7, 11) is 0. The number of aromatic nitrogens is 3. The average Bonchev–Trinajstić information content (AvgIpc) is 3.44. The molecule has 3 atom stereocenters. The number of amides is 4. The van der Waals surface area contributed by atoms with Crippen molar-refractivity contribution in [2.75, 3.05) is 19.6 Å². The summed E-state index contributed by atoms with van der Waals surface area (Å²) in [5.41, 5.74) is 4.57. The Balaban J connectivity index is 1.23. The van der Waals surface area contributed by atoms with Gasteiger partial charge in [-0.3, -0.25) is 14.9 Å². The molecule has 3 fully saturated rings. The lowest BCUT2D eigenvalue weighted by atomic mass is 9.84. The number of imide groups is 1. The highest BCUT2D eigenvalue weighted by Gasteiger charge is 2.42. The molecular formula is C25H26N6O3. The van der Waals surface area contributed by atoms with Crippen LogP contribution in [0, 0.1) is 5.41 Å². The molecule has 1 unspecified atom stereocenters. The highest BCUT2D eigenvalue weighted by Crippen LogP contribution is 2.55. The molecule has 3 aromatic rings. The maximum Gasteiger partial charge on any atom is 0.321 e. The highest BCUT2D eigenvalue weighted by molar-refractivity contribution is 6.00. The molecule has 2 aliphatic heterocycles. The van der Waals surface area contributed by atoms with E-state index in [2.05, 4.69) is 46.7 Å². The molecule has 1 aromatic carbocycles. The first kappa shape index (κ1) is 20.8. The monoisotopic (exact) mass is 458 g/mol. The van der Waals surface area contributed by atoms with E-state index in [0.29, 0.717) is 11.6 Å². The summed E-state index contributed by atoms with van der Waals surface area (Å²) in [5, 5.41) is 9.56. The molecule has 2 saturated heterocycles. The van der Waals surface area contributed by atoms with Crippen molar-refractivity contribution in [2.24, 2.45) is 5.41 Å². The molecule has 3 aliphatic rings. The zero-order chi connectivity index (χ0) is 23.6. The van der Waals surface area contributed by atoms with Gasteiger partial charge in [0.15, 0.2) is 5.65 Å². The standard InChI is InChI=1S/C25H26N6O3/c1-25(2)12-30(13-25)23(33)15-5-3-14(4-6-15)16-9-17(16)18-10-20(29-31-8-7-26-21(18)31)19-11-27-24(34)28-22(19)32/h3-8,10,16-17,19H,9,11-13H2,1-2H3,(H2,27,28,32,34)/t16-,17+,19?/m1/s1. The molecule has 34 heavy (non-hydrogen) atoms. The van der Waals surface area contributed by atoms with Crippen LogP contribution in [0.4, 0.5) is 4.79 Å². The highest BCUT2D eigenvalue weighted by atomic mass is 16.2. The molecule has 2 N–H and O–H groups in total. The van der Waals surface area contributed by atoms with Gasteiger partial charge in [-0.25, -0.2) is 14.3 Å². The predicted molar refractivity (Wildman–Crippen MR) is 123 cm³/mol. The zero-order valence-corrected chi connectivity index (χ0v) is 19.1. The van der Waals surface area contributed by atoms with Crippen molar-refractivity contribution in [1.82, 2.24) is 30.1 Å². The Morgan fingerprint density at radius 2 is 1.88 bits per heavy atom. The van der Waals surface area contributed by atoms with Crippen LogP contribution in [0.1, 0.15) is 65.2 Å². The van der Waals surface area contributed by atoms with Crippen molar-refractivity contribution in [3.8, 4) is 0 Å². The van der Waals surface area contributed by atoms with Crippen LogP contribution >= 0.6 is 0 Å². The van der Waals surface area contributed by atoms with Crippen LogP contribution in [-0.4, -0.2) is 57.0 Å². The minimum atomic E-state index is -0.544. The van der Waals surface area contributed by atoms with Gasteiger partial charge in [0, 0.05) is 43.2 Å². The van der Waals surface area contributed by atoms with Crippen LogP contribution in [0.2, 0.25) is 0 Å². The molecule has 174 valence electrons. The molecule has 2 aromatic heterocycles.